The summed E-state index contributed by atoms with van der Waals surface area (Å²) in [6.07, 6.45) is 5.71. The molecule has 0 aromatic heterocycles. The van der Waals surface area contributed by atoms with Gasteiger partial charge in [0.25, 0.3) is 0 Å². The maximum atomic E-state index is 14.4. The Hall–Kier alpha value is -3.45. The molecule has 0 amide bonds. The highest BCUT2D eigenvalue weighted by molar-refractivity contribution is 7.89. The molecular formula is C38H31Cl4FN2O5S2. The summed E-state index contributed by atoms with van der Waals surface area (Å²) in [5.41, 5.74) is 4.40. The largest absolute Gasteiger partial charge is 0.505 e. The van der Waals surface area contributed by atoms with Crippen LogP contribution in [0.4, 0.5) is 4.39 Å². The van der Waals surface area contributed by atoms with Gasteiger partial charge in [0.1, 0.15) is 10.7 Å². The number of allylic oxidation sites excluding steroid dienone is 1. The molecule has 1 aliphatic carbocycles. The third-order valence-corrected chi connectivity index (χ3v) is 13.1. The third kappa shape index (κ3) is 8.67. The number of halogens is 5. The Morgan fingerprint density at radius 2 is 1.25 bits per heavy atom. The predicted molar refractivity (Wildman–Crippen MR) is 204 cm³/mol. The zero-order valence-electron chi connectivity index (χ0n) is 27.3. The number of hydrogen-bond acceptors (Lipinski definition) is 5. The number of fused-ring (bicyclic) bond motifs is 1. The van der Waals surface area contributed by atoms with E-state index in [1.807, 2.05) is 30.4 Å². The normalized spacial score (nSPS) is 13.1. The Bertz CT molecular complexity index is 2370. The van der Waals surface area contributed by atoms with Crippen molar-refractivity contribution in [3.8, 4) is 5.75 Å². The summed E-state index contributed by atoms with van der Waals surface area (Å²) in [5.74, 6) is -1.09. The maximum absolute atomic E-state index is 14.4. The summed E-state index contributed by atoms with van der Waals surface area (Å²) in [5, 5.41) is 10.9. The van der Waals surface area contributed by atoms with E-state index in [1.54, 1.807) is 24.3 Å². The minimum Gasteiger partial charge on any atom is -0.505 e. The zero-order chi connectivity index (χ0) is 37.2. The third-order valence-electron chi connectivity index (χ3n) is 8.56. The van der Waals surface area contributed by atoms with Crippen LogP contribution < -0.4 is 0 Å². The van der Waals surface area contributed by atoms with E-state index < -0.39 is 36.5 Å². The monoisotopic (exact) mass is 818 g/mol. The number of rotatable bonds is 12. The van der Waals surface area contributed by atoms with Gasteiger partial charge in [-0.3, -0.25) is 0 Å². The lowest BCUT2D eigenvalue weighted by Crippen LogP contribution is -2.31. The minimum atomic E-state index is -4.42. The van der Waals surface area contributed by atoms with Crippen LogP contribution in [0.5, 0.6) is 5.75 Å². The summed E-state index contributed by atoms with van der Waals surface area (Å²) >= 11 is 24.7. The molecule has 0 radical (unpaired) electrons. The first-order chi connectivity index (χ1) is 24.7. The van der Waals surface area contributed by atoms with E-state index in [1.165, 1.54) is 57.1 Å². The Morgan fingerprint density at radius 3 is 1.92 bits per heavy atom. The molecule has 5 aromatic rings. The summed E-state index contributed by atoms with van der Waals surface area (Å²) in [7, 11) is -8.62. The second-order valence-electron chi connectivity index (χ2n) is 12.3. The highest BCUT2D eigenvalue weighted by Crippen LogP contribution is 2.37. The molecule has 0 atom stereocenters. The van der Waals surface area contributed by atoms with Crippen molar-refractivity contribution in [1.29, 1.82) is 0 Å². The molecule has 0 heterocycles. The van der Waals surface area contributed by atoms with Crippen molar-refractivity contribution in [3.05, 3.63) is 162 Å². The van der Waals surface area contributed by atoms with Gasteiger partial charge >= 0.3 is 0 Å². The van der Waals surface area contributed by atoms with Crippen molar-refractivity contribution >= 4 is 72.5 Å². The zero-order valence-corrected chi connectivity index (χ0v) is 32.0. The molecule has 0 bridgehead atoms. The molecule has 0 saturated carbocycles. The van der Waals surface area contributed by atoms with E-state index in [2.05, 4.69) is 0 Å². The Labute approximate surface area is 322 Å². The maximum Gasteiger partial charge on any atom is 0.247 e. The number of aryl methyl sites for hydroxylation is 1. The van der Waals surface area contributed by atoms with E-state index >= 15 is 0 Å². The van der Waals surface area contributed by atoms with Crippen molar-refractivity contribution < 1.29 is 26.3 Å². The van der Waals surface area contributed by atoms with E-state index in [0.717, 1.165) is 35.6 Å². The van der Waals surface area contributed by atoms with Crippen LogP contribution in [0.15, 0.2) is 113 Å². The van der Waals surface area contributed by atoms with Crippen LogP contribution in [0.25, 0.3) is 6.08 Å². The number of sulfonamides is 2. The average Bonchev–Trinajstić information content (AvgIpc) is 3.10. The number of aromatic hydroxyl groups is 1. The second kappa shape index (κ2) is 15.9. The SMILES string of the molecule is O=S(=O)(c1cc(Cl)cc(Cl)c1)N(Cc1ccc(F)cc1)Cc1cccc(CN(Cc2cccc3c2C=CCC3)S(=O)(=O)c2cc(Cl)cc(Cl)c2O)c1. The van der Waals surface area contributed by atoms with E-state index in [4.69, 9.17) is 46.4 Å². The van der Waals surface area contributed by atoms with Crippen LogP contribution in [0, 0.1) is 5.82 Å². The average molecular weight is 821 g/mol. The minimum absolute atomic E-state index is 0.0341. The lowest BCUT2D eigenvalue weighted by atomic mass is 9.93. The first-order valence-electron chi connectivity index (χ1n) is 15.9. The number of phenolic OH excluding ortho intramolecular Hbond substituents is 1. The quantitative estimate of drug-likeness (QED) is 0.135. The lowest BCUT2D eigenvalue weighted by molar-refractivity contribution is 0.392. The van der Waals surface area contributed by atoms with E-state index in [0.29, 0.717) is 16.7 Å². The molecule has 270 valence electrons. The van der Waals surface area contributed by atoms with Crippen LogP contribution >= 0.6 is 46.4 Å². The fraction of sp³-hybridized carbons (Fsp3) is 0.158. The van der Waals surface area contributed by atoms with Gasteiger partial charge in [-0.15, -0.1) is 0 Å². The second-order valence-corrected chi connectivity index (χ2v) is 17.8. The molecule has 0 saturated heterocycles. The van der Waals surface area contributed by atoms with Gasteiger partial charge < -0.3 is 5.11 Å². The number of nitrogens with zero attached hydrogens (tertiary/aromatic N) is 2. The van der Waals surface area contributed by atoms with Crippen LogP contribution in [0.3, 0.4) is 0 Å². The molecular weight excluding hydrogens is 789 g/mol. The first kappa shape index (κ1) is 38.3. The highest BCUT2D eigenvalue weighted by atomic mass is 35.5. The molecule has 1 N–H and O–H groups in total. The lowest BCUT2D eigenvalue weighted by Gasteiger charge is -2.26. The molecule has 0 unspecified atom stereocenters. The van der Waals surface area contributed by atoms with Gasteiger partial charge in [0.15, 0.2) is 5.75 Å². The first-order valence-corrected chi connectivity index (χ1v) is 20.3. The van der Waals surface area contributed by atoms with Crippen molar-refractivity contribution in [2.45, 2.75) is 48.8 Å². The molecule has 7 nitrogen and oxygen atoms in total. The molecule has 52 heavy (non-hydrogen) atoms. The van der Waals surface area contributed by atoms with Crippen LogP contribution in [-0.4, -0.2) is 30.6 Å². The number of phenols is 1. The topological polar surface area (TPSA) is 95.0 Å². The van der Waals surface area contributed by atoms with Gasteiger partial charge in [-0.1, -0.05) is 113 Å². The Balaban J connectivity index is 1.38. The highest BCUT2D eigenvalue weighted by Gasteiger charge is 2.31. The molecule has 0 fully saturated rings. The Kier molecular flexibility index (Phi) is 11.7. The number of benzene rings is 5. The van der Waals surface area contributed by atoms with Crippen molar-refractivity contribution in [2.75, 3.05) is 0 Å². The smallest absolute Gasteiger partial charge is 0.247 e. The molecule has 6 rings (SSSR count). The van der Waals surface area contributed by atoms with Gasteiger partial charge in [0, 0.05) is 41.2 Å². The molecule has 0 aliphatic heterocycles. The number of hydrogen-bond donors (Lipinski definition) is 1. The summed E-state index contributed by atoms with van der Waals surface area (Å²) in [6, 6.07) is 24.5. The van der Waals surface area contributed by atoms with Gasteiger partial charge in [0.2, 0.25) is 20.0 Å². The van der Waals surface area contributed by atoms with E-state index in [-0.39, 0.29) is 51.2 Å². The fourth-order valence-corrected chi connectivity index (χ4v) is 10.3. The predicted octanol–water partition coefficient (Wildman–Crippen LogP) is 9.89. The molecule has 1 aliphatic rings. The van der Waals surface area contributed by atoms with Crippen molar-refractivity contribution in [2.24, 2.45) is 0 Å². The van der Waals surface area contributed by atoms with E-state index in [9.17, 15) is 26.3 Å². The summed E-state index contributed by atoms with van der Waals surface area (Å²) in [4.78, 5) is -0.570. The molecule has 5 aromatic carbocycles. The van der Waals surface area contributed by atoms with Crippen LogP contribution in [0.2, 0.25) is 20.1 Å². The van der Waals surface area contributed by atoms with Gasteiger partial charge in [0.05, 0.1) is 9.92 Å². The van der Waals surface area contributed by atoms with Crippen molar-refractivity contribution in [3.63, 3.8) is 0 Å². The standard InChI is InChI=1S/C38H31Cl4FN2O5S2/c39-30-16-31(40)18-34(17-30)51(47,48)44(21-25-11-13-33(43)14-12-25)22-26-5-3-6-27(15-26)23-45(24-29-9-4-8-28-7-1-2-10-35(28)29)52(49,50)37-20-32(41)19-36(42)38(37)46/h2-6,8-20,46H,1,7,21-24H2. The van der Waals surface area contributed by atoms with Crippen molar-refractivity contribution in [1.82, 2.24) is 8.61 Å². The van der Waals surface area contributed by atoms with Gasteiger partial charge in [-0.2, -0.15) is 8.61 Å². The molecule has 0 spiro atoms. The Morgan fingerprint density at radius 1 is 0.654 bits per heavy atom. The fourth-order valence-electron chi connectivity index (χ4n) is 6.05. The molecule has 14 heteroatoms. The van der Waals surface area contributed by atoms with Gasteiger partial charge in [-0.25, -0.2) is 21.2 Å². The van der Waals surface area contributed by atoms with Crippen LogP contribution in [0.1, 0.15) is 39.8 Å². The van der Waals surface area contributed by atoms with Crippen LogP contribution in [-0.2, 0) is 52.6 Å². The summed E-state index contributed by atoms with van der Waals surface area (Å²) in [6.45, 7) is -0.447. The van der Waals surface area contributed by atoms with Gasteiger partial charge in [-0.05, 0) is 88.7 Å². The summed E-state index contributed by atoms with van der Waals surface area (Å²) < 4.78 is 73.0.